The fraction of sp³-hybridized carbons (Fsp3) is 0.333. The largest absolute Gasteiger partial charge is 0.443 e. The number of carbonyl (C=O) groups is 2. The molecule has 0 aliphatic heterocycles. The van der Waals surface area contributed by atoms with Crippen molar-refractivity contribution in [2.75, 3.05) is 4.90 Å². The molecule has 2 amide bonds. The van der Waals surface area contributed by atoms with E-state index in [1.165, 1.54) is 35.0 Å². The average Bonchev–Trinajstić information content (AvgIpc) is 3.16. The summed E-state index contributed by atoms with van der Waals surface area (Å²) in [5, 5.41) is 15.7. The number of benzene rings is 1. The number of imide groups is 1. The predicted molar refractivity (Wildman–Crippen MR) is 128 cm³/mol. The fourth-order valence-corrected chi connectivity index (χ4v) is 2.97. The molecule has 3 rings (SSSR count). The highest BCUT2D eigenvalue weighted by atomic mass is 16.6. The Bertz CT molecular complexity index is 1200. The van der Waals surface area contributed by atoms with Gasteiger partial charge in [0.05, 0.1) is 16.3 Å². The van der Waals surface area contributed by atoms with Gasteiger partial charge in [0.1, 0.15) is 11.2 Å². The quantitative estimate of drug-likeness (QED) is 0.352. The lowest BCUT2D eigenvalue weighted by Crippen LogP contribution is -2.44. The molecule has 3 aromatic rings. The molecule has 1 aromatic carbocycles. The average molecular weight is 482 g/mol. The predicted octanol–water partition coefficient (Wildman–Crippen LogP) is 5.52. The molecular formula is C24H27N5O6. The Kier molecular flexibility index (Phi) is 6.90. The molecule has 0 saturated heterocycles. The number of aromatic nitrogens is 3. The van der Waals surface area contributed by atoms with E-state index < -0.39 is 28.3 Å². The van der Waals surface area contributed by atoms with E-state index in [9.17, 15) is 19.7 Å². The molecule has 0 aliphatic rings. The highest BCUT2D eigenvalue weighted by molar-refractivity contribution is 6.09. The number of ether oxygens (including phenoxy) is 2. The standard InChI is InChI=1S/C24H27N5O6/c1-23(2,3)34-21(30)27(22(31)35-24(4,5)6)20-14-19(16-8-7-13-25-15-16)26-28(20)17-9-11-18(12-10-17)29(32)33/h7-15H,1-6H3. The maximum Gasteiger partial charge on any atom is 0.425 e. The van der Waals surface area contributed by atoms with Gasteiger partial charge in [0.25, 0.3) is 5.69 Å². The Morgan fingerprint density at radius 2 is 1.54 bits per heavy atom. The van der Waals surface area contributed by atoms with Gasteiger partial charge in [0.2, 0.25) is 0 Å². The van der Waals surface area contributed by atoms with Crippen LogP contribution in [0.25, 0.3) is 16.9 Å². The lowest BCUT2D eigenvalue weighted by atomic mass is 10.2. The first-order valence-electron chi connectivity index (χ1n) is 10.8. The van der Waals surface area contributed by atoms with Gasteiger partial charge in [-0.25, -0.2) is 14.3 Å². The molecular weight excluding hydrogens is 454 g/mol. The first kappa shape index (κ1) is 25.3. The molecule has 0 unspecified atom stereocenters. The molecule has 11 heteroatoms. The van der Waals surface area contributed by atoms with Crippen molar-refractivity contribution in [3.63, 3.8) is 0 Å². The summed E-state index contributed by atoms with van der Waals surface area (Å²) in [6, 6.07) is 10.5. The number of hydrogen-bond donors (Lipinski definition) is 0. The summed E-state index contributed by atoms with van der Waals surface area (Å²) in [6.07, 6.45) is 1.25. The Morgan fingerprint density at radius 3 is 2.00 bits per heavy atom. The molecule has 0 radical (unpaired) electrons. The van der Waals surface area contributed by atoms with Crippen molar-refractivity contribution < 1.29 is 24.0 Å². The molecule has 0 aliphatic carbocycles. The lowest BCUT2D eigenvalue weighted by molar-refractivity contribution is -0.384. The Labute approximate surface area is 202 Å². The van der Waals surface area contributed by atoms with E-state index in [2.05, 4.69) is 10.1 Å². The van der Waals surface area contributed by atoms with Crippen LogP contribution in [-0.2, 0) is 9.47 Å². The summed E-state index contributed by atoms with van der Waals surface area (Å²) in [4.78, 5) is 41.9. The van der Waals surface area contributed by atoms with Gasteiger partial charge >= 0.3 is 12.2 Å². The van der Waals surface area contributed by atoms with Crippen molar-refractivity contribution >= 4 is 23.7 Å². The van der Waals surface area contributed by atoms with Crippen molar-refractivity contribution in [3.8, 4) is 16.9 Å². The molecule has 184 valence electrons. The molecule has 35 heavy (non-hydrogen) atoms. The maximum absolute atomic E-state index is 13.2. The van der Waals surface area contributed by atoms with Crippen LogP contribution in [-0.4, -0.2) is 43.1 Å². The summed E-state index contributed by atoms with van der Waals surface area (Å²) in [6.45, 7) is 10.0. The van der Waals surface area contributed by atoms with Gasteiger partial charge in [0, 0.05) is 36.2 Å². The van der Waals surface area contributed by atoms with Crippen LogP contribution in [0.3, 0.4) is 0 Å². The van der Waals surface area contributed by atoms with Crippen LogP contribution in [0.2, 0.25) is 0 Å². The van der Waals surface area contributed by atoms with E-state index in [4.69, 9.17) is 9.47 Å². The van der Waals surface area contributed by atoms with Gasteiger partial charge in [-0.2, -0.15) is 10.00 Å². The molecule has 0 bridgehead atoms. The highest BCUT2D eigenvalue weighted by Crippen LogP contribution is 2.30. The summed E-state index contributed by atoms with van der Waals surface area (Å²) < 4.78 is 12.3. The van der Waals surface area contributed by atoms with Crippen molar-refractivity contribution in [1.82, 2.24) is 14.8 Å². The number of anilines is 1. The fourth-order valence-electron chi connectivity index (χ4n) is 2.97. The molecule has 11 nitrogen and oxygen atoms in total. The zero-order chi connectivity index (χ0) is 26.0. The normalized spacial score (nSPS) is 11.6. The van der Waals surface area contributed by atoms with E-state index in [-0.39, 0.29) is 11.5 Å². The van der Waals surface area contributed by atoms with E-state index in [1.807, 2.05) is 0 Å². The van der Waals surface area contributed by atoms with Crippen LogP contribution in [0.15, 0.2) is 54.9 Å². The van der Waals surface area contributed by atoms with Gasteiger partial charge in [-0.15, -0.1) is 0 Å². The Morgan fingerprint density at radius 1 is 0.971 bits per heavy atom. The Balaban J connectivity index is 2.21. The molecule has 0 N–H and O–H groups in total. The molecule has 2 heterocycles. The van der Waals surface area contributed by atoms with E-state index in [0.29, 0.717) is 16.9 Å². The molecule has 0 spiro atoms. The van der Waals surface area contributed by atoms with Crippen LogP contribution in [0.5, 0.6) is 0 Å². The van der Waals surface area contributed by atoms with Crippen LogP contribution < -0.4 is 4.90 Å². The second kappa shape index (κ2) is 9.53. The zero-order valence-corrected chi connectivity index (χ0v) is 20.4. The summed E-state index contributed by atoms with van der Waals surface area (Å²) >= 11 is 0. The Hall–Kier alpha value is -4.28. The molecule has 0 fully saturated rings. The van der Waals surface area contributed by atoms with Crippen molar-refractivity contribution in [2.24, 2.45) is 0 Å². The topological polar surface area (TPSA) is 130 Å². The number of non-ortho nitro benzene ring substituents is 1. The summed E-state index contributed by atoms with van der Waals surface area (Å²) in [7, 11) is 0. The number of carbonyl (C=O) groups excluding carboxylic acids is 2. The number of pyridine rings is 1. The number of nitrogens with zero attached hydrogens (tertiary/aromatic N) is 5. The van der Waals surface area contributed by atoms with Crippen LogP contribution in [0, 0.1) is 10.1 Å². The zero-order valence-electron chi connectivity index (χ0n) is 20.4. The SMILES string of the molecule is CC(C)(C)OC(=O)N(C(=O)OC(C)(C)C)c1cc(-c2cccnc2)nn1-c1ccc([N+](=O)[O-])cc1. The number of rotatable bonds is 4. The summed E-state index contributed by atoms with van der Waals surface area (Å²) in [5.41, 5.74) is -0.515. The molecule has 0 atom stereocenters. The molecule has 2 aromatic heterocycles. The van der Waals surface area contributed by atoms with Gasteiger partial charge in [0.15, 0.2) is 5.82 Å². The second-order valence-electron chi connectivity index (χ2n) is 9.61. The number of amides is 2. The number of hydrogen-bond acceptors (Lipinski definition) is 8. The van der Waals surface area contributed by atoms with E-state index in [1.54, 1.807) is 66.1 Å². The van der Waals surface area contributed by atoms with Gasteiger partial charge in [-0.3, -0.25) is 15.1 Å². The number of nitro groups is 1. The first-order chi connectivity index (χ1) is 16.2. The van der Waals surface area contributed by atoms with E-state index >= 15 is 0 Å². The van der Waals surface area contributed by atoms with Crippen molar-refractivity contribution in [2.45, 2.75) is 52.7 Å². The van der Waals surface area contributed by atoms with Crippen LogP contribution in [0.4, 0.5) is 21.1 Å². The first-order valence-corrected chi connectivity index (χ1v) is 10.8. The minimum atomic E-state index is -0.965. The van der Waals surface area contributed by atoms with Gasteiger partial charge in [-0.1, -0.05) is 0 Å². The monoisotopic (exact) mass is 481 g/mol. The van der Waals surface area contributed by atoms with Gasteiger partial charge in [-0.05, 0) is 65.8 Å². The van der Waals surface area contributed by atoms with E-state index in [0.717, 1.165) is 4.90 Å². The lowest BCUT2D eigenvalue weighted by Gasteiger charge is -2.28. The number of nitro benzene ring substituents is 1. The minimum absolute atomic E-state index is 0.0289. The van der Waals surface area contributed by atoms with Crippen LogP contribution >= 0.6 is 0 Å². The third-order valence-corrected chi connectivity index (χ3v) is 4.33. The smallest absolute Gasteiger partial charge is 0.425 e. The maximum atomic E-state index is 13.2. The minimum Gasteiger partial charge on any atom is -0.443 e. The third-order valence-electron chi connectivity index (χ3n) is 4.33. The van der Waals surface area contributed by atoms with Gasteiger partial charge < -0.3 is 9.47 Å². The molecule has 0 saturated carbocycles. The van der Waals surface area contributed by atoms with Crippen LogP contribution in [0.1, 0.15) is 41.5 Å². The van der Waals surface area contributed by atoms with Crippen molar-refractivity contribution in [3.05, 3.63) is 65.0 Å². The second-order valence-corrected chi connectivity index (χ2v) is 9.61. The van der Waals surface area contributed by atoms with Crippen molar-refractivity contribution in [1.29, 1.82) is 0 Å². The third kappa shape index (κ3) is 6.40. The highest BCUT2D eigenvalue weighted by Gasteiger charge is 2.35. The summed E-state index contributed by atoms with van der Waals surface area (Å²) in [5.74, 6) is 0.0289.